The van der Waals surface area contributed by atoms with Crippen molar-refractivity contribution in [2.75, 3.05) is 0 Å². The van der Waals surface area contributed by atoms with Crippen LogP contribution in [0.2, 0.25) is 0 Å². The minimum atomic E-state index is -2.73. The highest BCUT2D eigenvalue weighted by molar-refractivity contribution is 7.93. The topological polar surface area (TPSA) is 211 Å². The van der Waals surface area contributed by atoms with Gasteiger partial charge in [-0.15, -0.1) is 0 Å². The molecule has 0 aromatic heterocycles. The van der Waals surface area contributed by atoms with Crippen LogP contribution in [0, 0.1) is 28.7 Å². The van der Waals surface area contributed by atoms with Gasteiger partial charge in [0.25, 0.3) is 5.69 Å². The molecule has 4 rings (SSSR count). The van der Waals surface area contributed by atoms with Crippen LogP contribution in [0.3, 0.4) is 0 Å². The Kier molecular flexibility index (Phi) is 10.3. The lowest BCUT2D eigenvalue weighted by molar-refractivity contribution is -0.384. The molecule has 1 fully saturated rings. The molecule has 0 aliphatic heterocycles. The maximum absolute atomic E-state index is 12.2. The number of nitro benzene ring substituents is 1. The molecule has 226 valence electrons. The SMILES string of the molecule is Cc1ccc(C(=O)O[C@H](C(=O)O)[C@H](OC(=O)c2ccc(C)cc2)C(=O)O)cc1.N=S(=O)(c1ccc([N+](=O)[O-])cc1)C1CC1. The third kappa shape index (κ3) is 8.69. The van der Waals surface area contributed by atoms with Gasteiger partial charge in [-0.2, -0.15) is 0 Å². The number of ether oxygens (including phenoxy) is 2. The van der Waals surface area contributed by atoms with Crippen molar-refractivity contribution in [3.8, 4) is 0 Å². The Bertz CT molecular complexity index is 1540. The van der Waals surface area contributed by atoms with Gasteiger partial charge in [0, 0.05) is 22.3 Å². The second-order valence-corrected chi connectivity index (χ2v) is 12.0. The third-order valence-corrected chi connectivity index (χ3v) is 8.58. The molecule has 0 spiro atoms. The zero-order valence-electron chi connectivity index (χ0n) is 23.0. The van der Waals surface area contributed by atoms with E-state index in [2.05, 4.69) is 0 Å². The van der Waals surface area contributed by atoms with Gasteiger partial charge in [-0.05, 0) is 63.1 Å². The number of aryl methyl sites for hydroxylation is 2. The largest absolute Gasteiger partial charge is 0.478 e. The summed E-state index contributed by atoms with van der Waals surface area (Å²) in [5.41, 5.74) is 1.75. The predicted octanol–water partition coefficient (Wildman–Crippen LogP) is 4.39. The highest BCUT2D eigenvalue weighted by Crippen LogP contribution is 2.34. The summed E-state index contributed by atoms with van der Waals surface area (Å²) in [4.78, 5) is 57.6. The van der Waals surface area contributed by atoms with Crippen molar-refractivity contribution in [3.05, 3.63) is 105 Å². The smallest absolute Gasteiger partial charge is 0.349 e. The fraction of sp³-hybridized carbons (Fsp3) is 0.241. The van der Waals surface area contributed by atoms with Gasteiger partial charge >= 0.3 is 23.9 Å². The van der Waals surface area contributed by atoms with Crippen molar-refractivity contribution in [1.82, 2.24) is 0 Å². The Balaban J connectivity index is 0.000000282. The number of hydrogen-bond donors (Lipinski definition) is 3. The molecule has 0 saturated heterocycles. The number of rotatable bonds is 10. The number of nitrogens with one attached hydrogen (secondary N) is 1. The molecule has 14 heteroatoms. The maximum Gasteiger partial charge on any atom is 0.349 e. The van der Waals surface area contributed by atoms with Crippen LogP contribution in [-0.4, -0.2) is 60.7 Å². The second-order valence-electron chi connectivity index (χ2n) is 9.61. The van der Waals surface area contributed by atoms with Crippen LogP contribution >= 0.6 is 0 Å². The van der Waals surface area contributed by atoms with Crippen LogP contribution in [-0.2, 0) is 28.8 Å². The maximum atomic E-state index is 12.2. The normalized spacial score (nSPS) is 14.9. The molecular weight excluding hydrogens is 584 g/mol. The molecule has 3 aromatic carbocycles. The highest BCUT2D eigenvalue weighted by atomic mass is 32.2. The van der Waals surface area contributed by atoms with Gasteiger partial charge in [-0.1, -0.05) is 35.4 Å². The molecule has 1 aliphatic rings. The van der Waals surface area contributed by atoms with Crippen molar-refractivity contribution < 1.29 is 48.0 Å². The Hall–Kier alpha value is -5.11. The Morgan fingerprint density at radius 1 is 0.791 bits per heavy atom. The van der Waals surface area contributed by atoms with Crippen LogP contribution < -0.4 is 0 Å². The molecular formula is C29H28N2O11S. The number of hydrogen-bond acceptors (Lipinski definition) is 10. The number of carbonyl (C=O) groups is 4. The van der Waals surface area contributed by atoms with Crippen molar-refractivity contribution in [2.24, 2.45) is 0 Å². The lowest BCUT2D eigenvalue weighted by Gasteiger charge is -2.21. The van der Waals surface area contributed by atoms with Crippen LogP contribution in [0.15, 0.2) is 77.7 Å². The number of carbonyl (C=O) groups excluding carboxylic acids is 2. The quantitative estimate of drug-likeness (QED) is 0.166. The number of nitrogens with zero attached hydrogens (tertiary/aromatic N) is 1. The Morgan fingerprint density at radius 2 is 1.16 bits per heavy atom. The van der Waals surface area contributed by atoms with Gasteiger partial charge < -0.3 is 19.7 Å². The van der Waals surface area contributed by atoms with E-state index in [1.54, 1.807) is 38.1 Å². The van der Waals surface area contributed by atoms with E-state index in [1.807, 2.05) is 0 Å². The first kappa shape index (κ1) is 32.4. The van der Waals surface area contributed by atoms with Gasteiger partial charge in [-0.3, -0.25) is 10.1 Å². The number of carboxylic acids is 2. The predicted molar refractivity (Wildman–Crippen MR) is 151 cm³/mol. The molecule has 0 bridgehead atoms. The standard InChI is InChI=1S/C20H18O8.C9H10N2O3S/c1-11-3-7-13(8-4-11)19(25)27-15(17(21)22)16(18(23)24)28-20(26)14-9-5-12(2)6-10-14;10-15(14,9-5-6-9)8-3-1-7(2-4-8)11(12)13/h3-10,15-16H,1-2H3,(H,21,22)(H,23,24);1-4,9-10H,5-6H2/t15-,16-;/m0./s1. The molecule has 3 N–H and O–H groups in total. The number of carboxylic acid groups (broad SMARTS) is 2. The van der Waals surface area contributed by atoms with Crippen LogP contribution in [0.25, 0.3) is 0 Å². The van der Waals surface area contributed by atoms with E-state index >= 15 is 0 Å². The van der Waals surface area contributed by atoms with Crippen LogP contribution in [0.5, 0.6) is 0 Å². The van der Waals surface area contributed by atoms with E-state index in [1.165, 1.54) is 48.5 Å². The molecule has 13 nitrogen and oxygen atoms in total. The second kappa shape index (κ2) is 13.7. The molecule has 3 atom stereocenters. The number of esters is 2. The summed E-state index contributed by atoms with van der Waals surface area (Å²) >= 11 is 0. The first-order valence-corrected chi connectivity index (χ1v) is 14.4. The monoisotopic (exact) mass is 612 g/mol. The summed E-state index contributed by atoms with van der Waals surface area (Å²) < 4.78 is 29.3. The van der Waals surface area contributed by atoms with Crippen molar-refractivity contribution >= 4 is 39.3 Å². The fourth-order valence-electron chi connectivity index (χ4n) is 3.59. The van der Waals surface area contributed by atoms with E-state index in [-0.39, 0.29) is 22.1 Å². The van der Waals surface area contributed by atoms with Crippen LogP contribution in [0.1, 0.15) is 44.7 Å². The Labute approximate surface area is 246 Å². The zero-order chi connectivity index (χ0) is 31.9. The lowest BCUT2D eigenvalue weighted by Crippen LogP contribution is -2.45. The first-order chi connectivity index (χ1) is 20.2. The molecule has 1 aliphatic carbocycles. The summed E-state index contributed by atoms with van der Waals surface area (Å²) in [6.07, 6.45) is -2.81. The van der Waals surface area contributed by atoms with E-state index < -0.39 is 50.7 Å². The Morgan fingerprint density at radius 3 is 1.47 bits per heavy atom. The van der Waals surface area contributed by atoms with Gasteiger partial charge in [0.2, 0.25) is 12.2 Å². The van der Waals surface area contributed by atoms with Crippen molar-refractivity contribution in [2.45, 2.75) is 49.0 Å². The molecule has 0 radical (unpaired) electrons. The summed E-state index contributed by atoms with van der Waals surface area (Å²) in [6.45, 7) is 3.58. The number of aliphatic carboxylic acids is 2. The van der Waals surface area contributed by atoms with E-state index in [0.717, 1.165) is 24.0 Å². The summed E-state index contributed by atoms with van der Waals surface area (Å²) in [7, 11) is -2.73. The van der Waals surface area contributed by atoms with Gasteiger partial charge in [0.1, 0.15) is 0 Å². The lowest BCUT2D eigenvalue weighted by atomic mass is 10.1. The molecule has 0 heterocycles. The molecule has 43 heavy (non-hydrogen) atoms. The third-order valence-electron chi connectivity index (χ3n) is 6.20. The van der Waals surface area contributed by atoms with Gasteiger partial charge in [0.05, 0.1) is 25.8 Å². The summed E-state index contributed by atoms with van der Waals surface area (Å²) in [5.74, 6) is -5.62. The average Bonchev–Trinajstić information content (AvgIpc) is 3.82. The first-order valence-electron chi connectivity index (χ1n) is 12.7. The molecule has 0 amide bonds. The highest BCUT2D eigenvalue weighted by Gasteiger charge is 2.41. The van der Waals surface area contributed by atoms with E-state index in [9.17, 15) is 43.7 Å². The minimum Gasteiger partial charge on any atom is -0.478 e. The average molecular weight is 613 g/mol. The number of non-ortho nitro benzene ring substituents is 1. The molecule has 3 aromatic rings. The minimum absolute atomic E-state index is 0.0332. The van der Waals surface area contributed by atoms with Crippen molar-refractivity contribution in [1.29, 1.82) is 4.78 Å². The summed E-state index contributed by atoms with van der Waals surface area (Å²) in [5, 5.41) is 29.0. The fourth-order valence-corrected chi connectivity index (χ4v) is 5.32. The number of nitro groups is 1. The van der Waals surface area contributed by atoms with E-state index in [0.29, 0.717) is 4.90 Å². The molecule has 1 unspecified atom stereocenters. The molecule has 1 saturated carbocycles. The van der Waals surface area contributed by atoms with Gasteiger partial charge in [-0.25, -0.2) is 28.2 Å². The zero-order valence-corrected chi connectivity index (χ0v) is 23.8. The number of benzene rings is 3. The van der Waals surface area contributed by atoms with E-state index in [4.69, 9.17) is 14.3 Å². The van der Waals surface area contributed by atoms with Gasteiger partial charge in [0.15, 0.2) is 0 Å². The summed E-state index contributed by atoms with van der Waals surface area (Å²) in [6, 6.07) is 17.5. The van der Waals surface area contributed by atoms with Crippen molar-refractivity contribution in [3.63, 3.8) is 0 Å². The van der Waals surface area contributed by atoms with Crippen LogP contribution in [0.4, 0.5) is 5.69 Å².